The minimum atomic E-state index is -0.0618. The molecule has 0 bridgehead atoms. The molecule has 0 spiro atoms. The summed E-state index contributed by atoms with van der Waals surface area (Å²) in [5.41, 5.74) is 0. The Hall–Kier alpha value is -0.610. The number of hydrogen-bond donors (Lipinski definition) is 1. The van der Waals surface area contributed by atoms with E-state index in [0.717, 1.165) is 12.3 Å². The molecule has 1 saturated heterocycles. The topological polar surface area (TPSA) is 41.6 Å². The Morgan fingerprint density at radius 3 is 1.61 bits per heavy atom. The van der Waals surface area contributed by atoms with Crippen molar-refractivity contribution in [3.8, 4) is 0 Å². The van der Waals surface area contributed by atoms with Gasteiger partial charge in [-0.2, -0.15) is 0 Å². The molecule has 0 aliphatic carbocycles. The third-order valence-electron chi connectivity index (χ3n) is 8.66. The maximum atomic E-state index is 11.2. The maximum absolute atomic E-state index is 11.2. The van der Waals surface area contributed by atoms with Crippen LogP contribution in [-0.4, -0.2) is 50.7 Å². The van der Waals surface area contributed by atoms with Gasteiger partial charge in [-0.15, -0.1) is 0 Å². The Morgan fingerprint density at radius 2 is 1.16 bits per heavy atom. The molecule has 1 fully saturated rings. The number of unbranched alkanes of at least 4 members (excludes halogenated alkanes) is 19. The first kappa shape index (κ1) is 35.4. The lowest BCUT2D eigenvalue weighted by molar-refractivity contribution is -0.140. The Bertz CT molecular complexity index is 493. The molecule has 1 unspecified atom stereocenters. The molecule has 1 rings (SSSR count). The van der Waals surface area contributed by atoms with Gasteiger partial charge in [-0.3, -0.25) is 4.79 Å². The van der Waals surface area contributed by atoms with Crippen molar-refractivity contribution in [2.45, 2.75) is 167 Å². The second-order valence-corrected chi connectivity index (χ2v) is 12.2. The van der Waals surface area contributed by atoms with Crippen LogP contribution in [0.2, 0.25) is 0 Å². The quantitative estimate of drug-likeness (QED) is 0.0798. The fraction of sp³-hybridized carbons (Fsp3) is 0.971. The molecule has 1 aliphatic rings. The number of ether oxygens (including phenoxy) is 1. The smallest absolute Gasteiger partial charge is 0.305 e. The van der Waals surface area contributed by atoms with Gasteiger partial charge in [-0.05, 0) is 77.2 Å². The van der Waals surface area contributed by atoms with Crippen molar-refractivity contribution in [3.05, 3.63) is 0 Å². The first-order valence-corrected chi connectivity index (χ1v) is 17.3. The average molecular weight is 537 g/mol. The van der Waals surface area contributed by atoms with E-state index in [2.05, 4.69) is 17.1 Å². The van der Waals surface area contributed by atoms with Gasteiger partial charge in [0.2, 0.25) is 0 Å². The Morgan fingerprint density at radius 1 is 0.684 bits per heavy atom. The van der Waals surface area contributed by atoms with Crippen molar-refractivity contribution in [1.29, 1.82) is 0 Å². The summed E-state index contributed by atoms with van der Waals surface area (Å²) in [5, 5.41) is 3.61. The van der Waals surface area contributed by atoms with Crippen molar-refractivity contribution < 1.29 is 9.53 Å². The first-order valence-electron chi connectivity index (χ1n) is 17.3. The van der Waals surface area contributed by atoms with Crippen LogP contribution in [0.15, 0.2) is 0 Å². The Kier molecular flexibility index (Phi) is 26.0. The molecular formula is C34H68N2O2. The number of esters is 1. The number of piperidine rings is 1. The normalized spacial score (nSPS) is 15.8. The van der Waals surface area contributed by atoms with E-state index >= 15 is 0 Å². The molecule has 1 atom stereocenters. The van der Waals surface area contributed by atoms with E-state index in [1.54, 1.807) is 0 Å². The van der Waals surface area contributed by atoms with Crippen molar-refractivity contribution in [1.82, 2.24) is 10.2 Å². The van der Waals surface area contributed by atoms with E-state index in [9.17, 15) is 4.79 Å². The predicted octanol–water partition coefficient (Wildman–Crippen LogP) is 9.45. The monoisotopic (exact) mass is 537 g/mol. The van der Waals surface area contributed by atoms with Crippen molar-refractivity contribution in [2.24, 2.45) is 5.92 Å². The third kappa shape index (κ3) is 23.3. The van der Waals surface area contributed by atoms with E-state index in [-0.39, 0.29) is 5.97 Å². The highest BCUT2D eigenvalue weighted by Crippen LogP contribution is 2.17. The summed E-state index contributed by atoms with van der Waals surface area (Å²) in [6, 6.07) is 0. The highest BCUT2D eigenvalue weighted by Gasteiger charge is 2.14. The zero-order valence-corrected chi connectivity index (χ0v) is 26.1. The minimum Gasteiger partial charge on any atom is -0.469 e. The van der Waals surface area contributed by atoms with E-state index < -0.39 is 0 Å². The molecule has 0 saturated carbocycles. The number of hydrogen-bond acceptors (Lipinski definition) is 4. The Labute approximate surface area is 238 Å². The summed E-state index contributed by atoms with van der Waals surface area (Å²) in [6.45, 7) is 8.73. The predicted molar refractivity (Wildman–Crippen MR) is 166 cm³/mol. The van der Waals surface area contributed by atoms with Gasteiger partial charge < -0.3 is 15.0 Å². The number of carbonyl (C=O) groups excluding carboxylic acids is 1. The summed E-state index contributed by atoms with van der Waals surface area (Å²) in [5.74, 6) is 0.842. The van der Waals surface area contributed by atoms with Gasteiger partial charge in [0.05, 0.1) is 7.11 Å². The SMILES string of the molecule is CCCCCCCCCCCCCCN(CCCCCCCCCCCC(=O)OC)CCC1CCCNC1. The molecule has 226 valence electrons. The molecule has 38 heavy (non-hydrogen) atoms. The largest absolute Gasteiger partial charge is 0.469 e. The molecule has 0 aromatic carbocycles. The molecular weight excluding hydrogens is 468 g/mol. The van der Waals surface area contributed by atoms with E-state index in [1.807, 2.05) is 0 Å². The summed E-state index contributed by atoms with van der Waals surface area (Å²) in [7, 11) is 1.48. The van der Waals surface area contributed by atoms with Gasteiger partial charge in [-0.1, -0.05) is 122 Å². The van der Waals surface area contributed by atoms with Gasteiger partial charge in [0.1, 0.15) is 0 Å². The molecule has 4 heteroatoms. The van der Waals surface area contributed by atoms with Crippen molar-refractivity contribution in [2.75, 3.05) is 39.8 Å². The third-order valence-corrected chi connectivity index (χ3v) is 8.66. The number of rotatable bonds is 28. The second kappa shape index (κ2) is 27.9. The number of nitrogens with one attached hydrogen (secondary N) is 1. The number of carbonyl (C=O) groups is 1. The van der Waals surface area contributed by atoms with Gasteiger partial charge in [-0.25, -0.2) is 0 Å². The van der Waals surface area contributed by atoms with E-state index in [0.29, 0.717) is 6.42 Å². The molecule has 1 heterocycles. The van der Waals surface area contributed by atoms with Crippen LogP contribution in [0.1, 0.15) is 167 Å². The molecule has 1 N–H and O–H groups in total. The number of nitrogens with zero attached hydrogens (tertiary/aromatic N) is 1. The standard InChI is InChI=1S/C34H68N2O2/c1-3-4-5-6-7-8-9-10-13-16-19-22-29-36(31-27-33-25-24-28-35-32-33)30-23-20-17-14-11-12-15-18-21-26-34(37)38-2/h33,35H,3-32H2,1-2H3. The first-order chi connectivity index (χ1) is 18.8. The highest BCUT2D eigenvalue weighted by molar-refractivity contribution is 5.68. The summed E-state index contributed by atoms with van der Waals surface area (Å²) in [4.78, 5) is 14.0. The lowest BCUT2D eigenvalue weighted by Gasteiger charge is -2.27. The summed E-state index contributed by atoms with van der Waals surface area (Å²) >= 11 is 0. The number of methoxy groups -OCH3 is 1. The molecule has 4 nitrogen and oxygen atoms in total. The van der Waals surface area contributed by atoms with E-state index in [1.165, 1.54) is 188 Å². The second-order valence-electron chi connectivity index (χ2n) is 12.2. The van der Waals surface area contributed by atoms with Crippen molar-refractivity contribution in [3.63, 3.8) is 0 Å². The fourth-order valence-electron chi connectivity index (χ4n) is 5.99. The van der Waals surface area contributed by atoms with Crippen LogP contribution in [0.4, 0.5) is 0 Å². The van der Waals surface area contributed by atoms with Crippen LogP contribution in [0.25, 0.3) is 0 Å². The van der Waals surface area contributed by atoms with Crippen molar-refractivity contribution >= 4 is 5.97 Å². The fourth-order valence-corrected chi connectivity index (χ4v) is 5.99. The van der Waals surface area contributed by atoms with Crippen LogP contribution in [0.5, 0.6) is 0 Å². The molecule has 0 radical (unpaired) electrons. The van der Waals surface area contributed by atoms with Gasteiger partial charge in [0, 0.05) is 6.42 Å². The van der Waals surface area contributed by atoms with E-state index in [4.69, 9.17) is 4.74 Å². The Balaban J connectivity index is 2.05. The summed E-state index contributed by atoms with van der Waals surface area (Å²) < 4.78 is 4.71. The highest BCUT2D eigenvalue weighted by atomic mass is 16.5. The zero-order chi connectivity index (χ0) is 27.4. The van der Waals surface area contributed by atoms with Gasteiger partial charge in [0.15, 0.2) is 0 Å². The van der Waals surface area contributed by atoms with Gasteiger partial charge in [0.25, 0.3) is 0 Å². The molecule has 1 aliphatic heterocycles. The van der Waals surface area contributed by atoms with Crippen LogP contribution in [0.3, 0.4) is 0 Å². The van der Waals surface area contributed by atoms with Crippen LogP contribution < -0.4 is 5.32 Å². The van der Waals surface area contributed by atoms with Crippen LogP contribution in [-0.2, 0) is 9.53 Å². The average Bonchev–Trinajstić information content (AvgIpc) is 2.95. The molecule has 0 aromatic rings. The minimum absolute atomic E-state index is 0.0618. The summed E-state index contributed by atoms with van der Waals surface area (Å²) in [6.07, 6.45) is 33.7. The maximum Gasteiger partial charge on any atom is 0.305 e. The van der Waals surface area contributed by atoms with Gasteiger partial charge >= 0.3 is 5.97 Å². The van der Waals surface area contributed by atoms with Crippen LogP contribution in [0, 0.1) is 5.92 Å². The lowest BCUT2D eigenvalue weighted by atomic mass is 9.96. The zero-order valence-electron chi connectivity index (χ0n) is 26.1. The molecule has 0 aromatic heterocycles. The molecule has 0 amide bonds. The van der Waals surface area contributed by atoms with Crippen LogP contribution >= 0.6 is 0 Å². The lowest BCUT2D eigenvalue weighted by Crippen LogP contribution is -2.34.